The zero-order valence-corrected chi connectivity index (χ0v) is 9.10. The van der Waals surface area contributed by atoms with Gasteiger partial charge in [-0.2, -0.15) is 15.4 Å². The monoisotopic (exact) mass is 230 g/mol. The number of Topliss-reactive ketones (excluding diaryl/α,β-unsaturated/α-hetero) is 1. The van der Waals surface area contributed by atoms with Crippen LogP contribution in [0.15, 0.2) is 30.5 Å². The summed E-state index contributed by atoms with van der Waals surface area (Å²) in [6, 6.07) is 6.70. The molecule has 6 heteroatoms. The van der Waals surface area contributed by atoms with Crippen LogP contribution in [0.3, 0.4) is 0 Å². The van der Waals surface area contributed by atoms with Crippen molar-refractivity contribution in [3.8, 4) is 0 Å². The lowest BCUT2D eigenvalue weighted by Crippen LogP contribution is -2.12. The lowest BCUT2D eigenvalue weighted by atomic mass is 10.1. The van der Waals surface area contributed by atoms with E-state index >= 15 is 0 Å². The molecule has 0 aliphatic rings. The van der Waals surface area contributed by atoms with Gasteiger partial charge in [-0.15, -0.1) is 0 Å². The predicted molar refractivity (Wildman–Crippen MR) is 60.8 cm³/mol. The highest BCUT2D eigenvalue weighted by Gasteiger charge is 2.09. The molecule has 0 spiro atoms. The Balaban J connectivity index is 2.16. The third kappa shape index (κ3) is 2.54. The van der Waals surface area contributed by atoms with Crippen LogP contribution in [0.25, 0.3) is 0 Å². The summed E-state index contributed by atoms with van der Waals surface area (Å²) in [4.78, 5) is 22.8. The normalized spacial score (nSPS) is 9.94. The van der Waals surface area contributed by atoms with Gasteiger partial charge in [0.1, 0.15) is 0 Å². The smallest absolute Gasteiger partial charge is 0.277 e. The Labute approximate surface area is 97.0 Å². The first-order valence-electron chi connectivity index (χ1n) is 4.95. The number of rotatable bonds is 3. The van der Waals surface area contributed by atoms with E-state index < -0.39 is 0 Å². The van der Waals surface area contributed by atoms with Crippen LogP contribution in [-0.2, 0) is 0 Å². The molecule has 2 N–H and O–H groups in total. The molecule has 0 radical (unpaired) electrons. The van der Waals surface area contributed by atoms with Crippen molar-refractivity contribution >= 4 is 17.4 Å². The second-order valence-corrected chi connectivity index (χ2v) is 3.45. The fourth-order valence-electron chi connectivity index (χ4n) is 1.32. The van der Waals surface area contributed by atoms with Gasteiger partial charge in [-0.1, -0.05) is 12.1 Å². The van der Waals surface area contributed by atoms with Gasteiger partial charge in [0.15, 0.2) is 11.5 Å². The summed E-state index contributed by atoms with van der Waals surface area (Å²) in [6.45, 7) is 1.47. The lowest BCUT2D eigenvalue weighted by molar-refractivity contribution is 0.100. The summed E-state index contributed by atoms with van der Waals surface area (Å²) in [5.41, 5.74) is 1.28. The average Bonchev–Trinajstić information content (AvgIpc) is 2.82. The third-order valence-corrected chi connectivity index (χ3v) is 2.17. The maximum absolute atomic E-state index is 11.6. The van der Waals surface area contributed by atoms with Crippen molar-refractivity contribution in [2.45, 2.75) is 6.92 Å². The number of aromatic amines is 1. The first kappa shape index (κ1) is 11.0. The maximum Gasteiger partial charge on any atom is 0.277 e. The van der Waals surface area contributed by atoms with E-state index in [1.165, 1.54) is 13.1 Å². The van der Waals surface area contributed by atoms with E-state index in [2.05, 4.69) is 20.7 Å². The van der Waals surface area contributed by atoms with Gasteiger partial charge in [0, 0.05) is 11.3 Å². The minimum atomic E-state index is -0.376. The van der Waals surface area contributed by atoms with Crippen molar-refractivity contribution < 1.29 is 9.59 Å². The molecule has 0 bridgehead atoms. The van der Waals surface area contributed by atoms with Crippen LogP contribution in [0.1, 0.15) is 27.8 Å². The second kappa shape index (κ2) is 4.56. The van der Waals surface area contributed by atoms with Crippen molar-refractivity contribution in [1.82, 2.24) is 15.4 Å². The number of carbonyl (C=O) groups is 2. The first-order valence-corrected chi connectivity index (χ1v) is 4.95. The van der Waals surface area contributed by atoms with Crippen molar-refractivity contribution in [3.63, 3.8) is 0 Å². The molecule has 0 unspecified atom stereocenters. The van der Waals surface area contributed by atoms with E-state index in [4.69, 9.17) is 0 Å². The molecule has 1 heterocycles. The molecule has 1 aromatic carbocycles. The number of nitrogens with one attached hydrogen (secondary N) is 2. The lowest BCUT2D eigenvalue weighted by Gasteiger charge is -2.03. The second-order valence-electron chi connectivity index (χ2n) is 3.45. The Morgan fingerprint density at radius 3 is 2.82 bits per heavy atom. The van der Waals surface area contributed by atoms with E-state index in [-0.39, 0.29) is 17.4 Å². The molecule has 0 saturated heterocycles. The van der Waals surface area contributed by atoms with E-state index in [0.717, 1.165) is 0 Å². The van der Waals surface area contributed by atoms with Gasteiger partial charge < -0.3 is 5.32 Å². The van der Waals surface area contributed by atoms with Crippen LogP contribution in [0.5, 0.6) is 0 Å². The van der Waals surface area contributed by atoms with E-state index in [0.29, 0.717) is 11.3 Å². The molecule has 2 rings (SSSR count). The van der Waals surface area contributed by atoms with Gasteiger partial charge in [0.2, 0.25) is 0 Å². The van der Waals surface area contributed by atoms with Crippen LogP contribution in [0.2, 0.25) is 0 Å². The topological polar surface area (TPSA) is 87.7 Å². The molecule has 0 aliphatic heterocycles. The molecule has 1 amide bonds. The summed E-state index contributed by atoms with van der Waals surface area (Å²) in [5.74, 6) is -0.429. The van der Waals surface area contributed by atoms with Crippen molar-refractivity contribution in [1.29, 1.82) is 0 Å². The Morgan fingerprint density at radius 2 is 2.18 bits per heavy atom. The summed E-state index contributed by atoms with van der Waals surface area (Å²) < 4.78 is 0. The fourth-order valence-corrected chi connectivity index (χ4v) is 1.32. The molecular formula is C11H10N4O2. The molecule has 17 heavy (non-hydrogen) atoms. The predicted octanol–water partition coefficient (Wildman–Crippen LogP) is 1.26. The minimum Gasteiger partial charge on any atom is -0.321 e. The summed E-state index contributed by atoms with van der Waals surface area (Å²) >= 11 is 0. The number of aromatic nitrogens is 3. The fraction of sp³-hybridized carbons (Fsp3) is 0.0909. The molecule has 86 valence electrons. The van der Waals surface area contributed by atoms with Gasteiger partial charge in [-0.3, -0.25) is 9.59 Å². The Morgan fingerprint density at radius 1 is 1.35 bits per heavy atom. The van der Waals surface area contributed by atoms with Crippen LogP contribution in [-0.4, -0.2) is 27.1 Å². The molecule has 0 fully saturated rings. The Kier molecular flexibility index (Phi) is 2.95. The molecular weight excluding hydrogens is 220 g/mol. The molecule has 0 atom stereocenters. The number of benzene rings is 1. The summed E-state index contributed by atoms with van der Waals surface area (Å²) in [7, 11) is 0. The number of hydrogen-bond acceptors (Lipinski definition) is 4. The van der Waals surface area contributed by atoms with E-state index in [1.807, 2.05) is 0 Å². The van der Waals surface area contributed by atoms with Crippen molar-refractivity contribution in [2.24, 2.45) is 0 Å². The van der Waals surface area contributed by atoms with Gasteiger partial charge in [-0.25, -0.2) is 0 Å². The average molecular weight is 230 g/mol. The van der Waals surface area contributed by atoms with Crippen LogP contribution in [0.4, 0.5) is 5.69 Å². The largest absolute Gasteiger partial charge is 0.321 e. The SMILES string of the molecule is CC(=O)c1cccc(NC(=O)c2cn[nH]n2)c1. The Hall–Kier alpha value is -2.50. The first-order chi connectivity index (χ1) is 8.16. The zero-order valence-electron chi connectivity index (χ0n) is 9.10. The van der Waals surface area contributed by atoms with Crippen molar-refractivity contribution in [3.05, 3.63) is 41.7 Å². The van der Waals surface area contributed by atoms with Crippen LogP contribution >= 0.6 is 0 Å². The third-order valence-electron chi connectivity index (χ3n) is 2.17. The summed E-state index contributed by atoms with van der Waals surface area (Å²) in [5, 5.41) is 12.2. The molecule has 2 aromatic rings. The molecule has 6 nitrogen and oxygen atoms in total. The van der Waals surface area contributed by atoms with Gasteiger partial charge in [-0.05, 0) is 19.1 Å². The number of anilines is 1. The number of H-pyrrole nitrogens is 1. The van der Waals surface area contributed by atoms with Gasteiger partial charge in [0.25, 0.3) is 5.91 Å². The van der Waals surface area contributed by atoms with E-state index in [1.54, 1.807) is 24.3 Å². The quantitative estimate of drug-likeness (QED) is 0.777. The van der Waals surface area contributed by atoms with Crippen LogP contribution < -0.4 is 5.32 Å². The summed E-state index contributed by atoms with van der Waals surface area (Å²) in [6.07, 6.45) is 1.32. The van der Waals surface area contributed by atoms with Gasteiger partial charge in [0.05, 0.1) is 6.20 Å². The number of amides is 1. The zero-order chi connectivity index (χ0) is 12.3. The minimum absolute atomic E-state index is 0.0532. The highest BCUT2D eigenvalue weighted by molar-refractivity contribution is 6.03. The number of ketones is 1. The molecule has 0 saturated carbocycles. The molecule has 1 aromatic heterocycles. The number of carbonyl (C=O) groups excluding carboxylic acids is 2. The standard InChI is InChI=1S/C11H10N4O2/c1-7(16)8-3-2-4-9(5-8)13-11(17)10-6-12-15-14-10/h2-6H,1H3,(H,13,17)(H,12,14,15). The van der Waals surface area contributed by atoms with Crippen molar-refractivity contribution in [2.75, 3.05) is 5.32 Å². The maximum atomic E-state index is 11.6. The number of nitrogens with zero attached hydrogens (tertiary/aromatic N) is 2. The molecule has 0 aliphatic carbocycles. The highest BCUT2D eigenvalue weighted by atomic mass is 16.2. The Bertz CT molecular complexity index is 548. The van der Waals surface area contributed by atoms with Crippen LogP contribution in [0, 0.1) is 0 Å². The number of hydrogen-bond donors (Lipinski definition) is 2. The van der Waals surface area contributed by atoms with E-state index in [9.17, 15) is 9.59 Å². The highest BCUT2D eigenvalue weighted by Crippen LogP contribution is 2.11. The van der Waals surface area contributed by atoms with Gasteiger partial charge >= 0.3 is 0 Å².